The van der Waals surface area contributed by atoms with Crippen LogP contribution in [0.15, 0.2) is 24.3 Å². The van der Waals surface area contributed by atoms with Gasteiger partial charge in [-0.05, 0) is 30.7 Å². The maximum atomic E-state index is 11.9. The number of carbonyl (C=O) groups excluding carboxylic acids is 1. The lowest BCUT2D eigenvalue weighted by atomic mass is 10.3. The summed E-state index contributed by atoms with van der Waals surface area (Å²) in [6.07, 6.45) is 1.39. The summed E-state index contributed by atoms with van der Waals surface area (Å²) < 4.78 is 29.9. The Morgan fingerprint density at radius 3 is 2.43 bits per heavy atom. The standard InChI is InChI=1S/C14H22N2O4S/c1-4-5-10-21(18,19)16(2)11-14(17)15-12-6-8-13(20-3)9-7-12/h6-9H,4-5,10-11H2,1-3H3,(H,15,17). The maximum Gasteiger partial charge on any atom is 0.239 e. The van der Waals surface area contributed by atoms with E-state index in [0.717, 1.165) is 10.7 Å². The van der Waals surface area contributed by atoms with Crippen LogP contribution in [0.3, 0.4) is 0 Å². The van der Waals surface area contributed by atoms with Gasteiger partial charge in [0.2, 0.25) is 15.9 Å². The highest BCUT2D eigenvalue weighted by Gasteiger charge is 2.19. The number of anilines is 1. The van der Waals surface area contributed by atoms with E-state index >= 15 is 0 Å². The average molecular weight is 314 g/mol. The molecule has 118 valence electrons. The molecule has 1 rings (SSSR count). The quantitative estimate of drug-likeness (QED) is 0.792. The summed E-state index contributed by atoms with van der Waals surface area (Å²) in [6.45, 7) is 1.73. The van der Waals surface area contributed by atoms with E-state index in [1.807, 2.05) is 6.92 Å². The summed E-state index contributed by atoms with van der Waals surface area (Å²) in [4.78, 5) is 11.8. The van der Waals surface area contributed by atoms with Crippen molar-refractivity contribution in [3.8, 4) is 5.75 Å². The van der Waals surface area contributed by atoms with Gasteiger partial charge in [0.15, 0.2) is 0 Å². The molecule has 0 radical (unpaired) electrons. The number of likely N-dealkylation sites (N-methyl/N-ethyl adjacent to an activating group) is 1. The van der Waals surface area contributed by atoms with Crippen molar-refractivity contribution in [2.24, 2.45) is 0 Å². The number of sulfonamides is 1. The van der Waals surface area contributed by atoms with Gasteiger partial charge in [-0.3, -0.25) is 4.79 Å². The van der Waals surface area contributed by atoms with E-state index in [2.05, 4.69) is 5.32 Å². The molecule has 0 saturated heterocycles. The third-order valence-electron chi connectivity index (χ3n) is 2.97. The fourth-order valence-electron chi connectivity index (χ4n) is 1.66. The molecular formula is C14H22N2O4S. The SMILES string of the molecule is CCCCS(=O)(=O)N(C)CC(=O)Nc1ccc(OC)cc1. The Hall–Kier alpha value is -1.60. The van der Waals surface area contributed by atoms with Gasteiger partial charge >= 0.3 is 0 Å². The maximum absolute atomic E-state index is 11.9. The summed E-state index contributed by atoms with van der Waals surface area (Å²) in [7, 11) is -0.393. The lowest BCUT2D eigenvalue weighted by Gasteiger charge is -2.16. The predicted molar refractivity (Wildman–Crippen MR) is 82.9 cm³/mol. The van der Waals surface area contributed by atoms with Crippen molar-refractivity contribution >= 4 is 21.6 Å². The molecule has 0 saturated carbocycles. The van der Waals surface area contributed by atoms with Gasteiger partial charge in [0.05, 0.1) is 19.4 Å². The number of methoxy groups -OCH3 is 1. The molecule has 6 nitrogen and oxygen atoms in total. The Morgan fingerprint density at radius 2 is 1.90 bits per heavy atom. The van der Waals surface area contributed by atoms with Crippen LogP contribution in [0.2, 0.25) is 0 Å². The van der Waals surface area contributed by atoms with E-state index in [9.17, 15) is 13.2 Å². The second-order valence-corrected chi connectivity index (χ2v) is 6.90. The Morgan fingerprint density at radius 1 is 1.29 bits per heavy atom. The van der Waals surface area contributed by atoms with Gasteiger partial charge < -0.3 is 10.1 Å². The molecule has 7 heteroatoms. The van der Waals surface area contributed by atoms with Gasteiger partial charge in [-0.1, -0.05) is 13.3 Å². The molecule has 0 bridgehead atoms. The number of nitrogens with zero attached hydrogens (tertiary/aromatic N) is 1. The number of hydrogen-bond donors (Lipinski definition) is 1. The van der Waals surface area contributed by atoms with Gasteiger partial charge in [0.25, 0.3) is 0 Å². The first-order valence-corrected chi connectivity index (χ1v) is 8.38. The Balaban J connectivity index is 2.56. The van der Waals surface area contributed by atoms with Crippen molar-refractivity contribution in [1.29, 1.82) is 0 Å². The van der Waals surface area contributed by atoms with Crippen LogP contribution in [0.4, 0.5) is 5.69 Å². The molecule has 0 aliphatic carbocycles. The number of nitrogens with one attached hydrogen (secondary N) is 1. The van der Waals surface area contributed by atoms with Crippen molar-refractivity contribution in [3.05, 3.63) is 24.3 Å². The molecular weight excluding hydrogens is 292 g/mol. The van der Waals surface area contributed by atoms with Crippen LogP contribution in [0.25, 0.3) is 0 Å². The van der Waals surface area contributed by atoms with E-state index in [1.165, 1.54) is 7.05 Å². The molecule has 0 heterocycles. The minimum atomic E-state index is -3.37. The Labute approximate surface area is 126 Å². The van der Waals surface area contributed by atoms with Crippen LogP contribution < -0.4 is 10.1 Å². The number of rotatable bonds is 8. The molecule has 0 unspecified atom stereocenters. The van der Waals surface area contributed by atoms with Crippen molar-refractivity contribution in [1.82, 2.24) is 4.31 Å². The second kappa shape index (κ2) is 7.99. The van der Waals surface area contributed by atoms with Gasteiger partial charge in [-0.2, -0.15) is 4.31 Å². The van der Waals surface area contributed by atoms with Gasteiger partial charge in [-0.15, -0.1) is 0 Å². The molecule has 1 N–H and O–H groups in total. The van der Waals surface area contributed by atoms with Gasteiger partial charge in [-0.25, -0.2) is 8.42 Å². The van der Waals surface area contributed by atoms with Gasteiger partial charge in [0.1, 0.15) is 5.75 Å². The topological polar surface area (TPSA) is 75.7 Å². The summed E-state index contributed by atoms with van der Waals surface area (Å²) >= 11 is 0. The molecule has 0 fully saturated rings. The minimum absolute atomic E-state index is 0.0653. The second-order valence-electron chi connectivity index (χ2n) is 4.70. The average Bonchev–Trinajstić information content (AvgIpc) is 2.45. The Kier molecular flexibility index (Phi) is 6.64. The zero-order valence-electron chi connectivity index (χ0n) is 12.6. The molecule has 1 amide bonds. The fraction of sp³-hybridized carbons (Fsp3) is 0.500. The fourth-order valence-corrected chi connectivity index (χ4v) is 2.94. The number of hydrogen-bond acceptors (Lipinski definition) is 4. The normalized spacial score (nSPS) is 11.4. The molecule has 0 aliphatic heterocycles. The monoisotopic (exact) mass is 314 g/mol. The lowest BCUT2D eigenvalue weighted by molar-refractivity contribution is -0.116. The zero-order chi connectivity index (χ0) is 15.9. The lowest BCUT2D eigenvalue weighted by Crippen LogP contribution is -2.36. The highest BCUT2D eigenvalue weighted by molar-refractivity contribution is 7.89. The summed E-state index contributed by atoms with van der Waals surface area (Å²) in [5, 5.41) is 2.65. The first kappa shape index (κ1) is 17.5. The molecule has 0 aliphatic rings. The molecule has 1 aromatic carbocycles. The van der Waals surface area contributed by atoms with Crippen molar-refractivity contribution in [2.75, 3.05) is 31.8 Å². The molecule has 1 aromatic rings. The smallest absolute Gasteiger partial charge is 0.239 e. The van der Waals surface area contributed by atoms with Crippen LogP contribution >= 0.6 is 0 Å². The summed E-state index contributed by atoms with van der Waals surface area (Å²) in [5.74, 6) is 0.380. The third kappa shape index (κ3) is 5.73. The van der Waals surface area contributed by atoms with E-state index in [1.54, 1.807) is 31.4 Å². The zero-order valence-corrected chi connectivity index (χ0v) is 13.4. The predicted octanol–water partition coefficient (Wildman–Crippen LogP) is 1.70. The summed E-state index contributed by atoms with van der Waals surface area (Å²) in [5.41, 5.74) is 0.597. The van der Waals surface area contributed by atoms with Crippen LogP contribution in [-0.2, 0) is 14.8 Å². The number of ether oxygens (including phenoxy) is 1. The molecule has 0 spiro atoms. The van der Waals surface area contributed by atoms with E-state index in [-0.39, 0.29) is 18.2 Å². The van der Waals surface area contributed by atoms with Crippen LogP contribution in [0.5, 0.6) is 5.75 Å². The van der Waals surface area contributed by atoms with Gasteiger partial charge in [0, 0.05) is 12.7 Å². The van der Waals surface area contributed by atoms with E-state index < -0.39 is 10.0 Å². The van der Waals surface area contributed by atoms with Crippen LogP contribution in [0.1, 0.15) is 19.8 Å². The molecule has 0 atom stereocenters. The Bertz CT molecular complexity index is 555. The highest BCUT2D eigenvalue weighted by Crippen LogP contribution is 2.15. The molecule has 21 heavy (non-hydrogen) atoms. The first-order valence-electron chi connectivity index (χ1n) is 6.77. The minimum Gasteiger partial charge on any atom is -0.497 e. The summed E-state index contributed by atoms with van der Waals surface area (Å²) in [6, 6.07) is 6.83. The third-order valence-corrected chi connectivity index (χ3v) is 4.85. The van der Waals surface area contributed by atoms with Crippen LogP contribution in [-0.4, -0.2) is 45.1 Å². The largest absolute Gasteiger partial charge is 0.497 e. The number of amides is 1. The van der Waals surface area contributed by atoms with Crippen molar-refractivity contribution < 1.29 is 17.9 Å². The first-order chi connectivity index (χ1) is 9.89. The number of benzene rings is 1. The number of unbranched alkanes of at least 4 members (excludes halogenated alkanes) is 1. The van der Waals surface area contributed by atoms with E-state index in [4.69, 9.17) is 4.74 Å². The van der Waals surface area contributed by atoms with Crippen molar-refractivity contribution in [3.63, 3.8) is 0 Å². The molecule has 0 aromatic heterocycles. The highest BCUT2D eigenvalue weighted by atomic mass is 32.2. The van der Waals surface area contributed by atoms with Crippen molar-refractivity contribution in [2.45, 2.75) is 19.8 Å². The van der Waals surface area contributed by atoms with Crippen LogP contribution in [0, 0.1) is 0 Å². The van der Waals surface area contributed by atoms with E-state index in [0.29, 0.717) is 17.9 Å². The number of carbonyl (C=O) groups is 1.